The molecule has 3 aliphatic carbocycles. The van der Waals surface area contributed by atoms with Crippen molar-refractivity contribution in [3.63, 3.8) is 0 Å². The molecule has 2 bridgehead atoms. The van der Waals surface area contributed by atoms with Crippen LogP contribution in [-0.2, 0) is 9.53 Å². The fraction of sp³-hybridized carbons (Fsp3) is 0.909. The van der Waals surface area contributed by atoms with E-state index in [-0.39, 0.29) is 11.9 Å². The second kappa shape index (κ2) is 3.89. The lowest BCUT2D eigenvalue weighted by Gasteiger charge is -2.44. The number of fused-ring (bicyclic) bond motifs is 3. The zero-order chi connectivity index (χ0) is 10.1. The van der Waals surface area contributed by atoms with E-state index in [9.17, 15) is 4.79 Å². The van der Waals surface area contributed by atoms with Crippen LogP contribution in [0.1, 0.15) is 32.6 Å². The van der Waals surface area contributed by atoms with Gasteiger partial charge in [0.25, 0.3) is 0 Å². The molecule has 0 radical (unpaired) electrons. The fourth-order valence-electron chi connectivity index (χ4n) is 3.02. The molecular formula is C11H19NO2. The van der Waals surface area contributed by atoms with Crippen molar-refractivity contribution in [1.82, 2.24) is 0 Å². The first kappa shape index (κ1) is 9.97. The average molecular weight is 197 g/mol. The van der Waals surface area contributed by atoms with Crippen molar-refractivity contribution in [3.05, 3.63) is 0 Å². The molecule has 0 saturated heterocycles. The van der Waals surface area contributed by atoms with Crippen molar-refractivity contribution in [2.24, 2.45) is 23.5 Å². The Labute approximate surface area is 85.0 Å². The molecule has 4 atom stereocenters. The molecule has 0 aromatic heterocycles. The SMILES string of the molecule is CCOC(=O)[C@@H]1C[C@H]2CC[C@@H]1C[C@H]2N. The van der Waals surface area contributed by atoms with Crippen LogP contribution in [0.25, 0.3) is 0 Å². The van der Waals surface area contributed by atoms with Gasteiger partial charge in [0.1, 0.15) is 0 Å². The first-order valence-electron chi connectivity index (χ1n) is 5.64. The molecule has 0 aromatic rings. The Hall–Kier alpha value is -0.570. The Bertz CT molecular complexity index is 229. The summed E-state index contributed by atoms with van der Waals surface area (Å²) in [5.74, 6) is 1.21. The molecule has 3 rings (SSSR count). The standard InChI is InChI=1S/C11H19NO2/c1-2-14-11(13)9-5-8-4-3-7(9)6-10(8)12/h7-10H,2-6,12H2,1H3/t7-,8-,9-,10-/m1/s1. The molecule has 3 nitrogen and oxygen atoms in total. The first-order valence-corrected chi connectivity index (χ1v) is 5.64. The molecule has 3 saturated carbocycles. The Morgan fingerprint density at radius 3 is 2.57 bits per heavy atom. The van der Waals surface area contributed by atoms with Crippen LogP contribution in [0.3, 0.4) is 0 Å². The smallest absolute Gasteiger partial charge is 0.309 e. The van der Waals surface area contributed by atoms with E-state index in [1.165, 1.54) is 12.8 Å². The number of carbonyl (C=O) groups is 1. The lowest BCUT2D eigenvalue weighted by Crippen LogP contribution is -2.47. The van der Waals surface area contributed by atoms with E-state index >= 15 is 0 Å². The van der Waals surface area contributed by atoms with Crippen LogP contribution in [0.2, 0.25) is 0 Å². The van der Waals surface area contributed by atoms with Crippen LogP contribution >= 0.6 is 0 Å². The number of hydrogen-bond donors (Lipinski definition) is 1. The molecule has 0 spiro atoms. The van der Waals surface area contributed by atoms with Crippen molar-refractivity contribution in [3.8, 4) is 0 Å². The highest BCUT2D eigenvalue weighted by Gasteiger charge is 2.43. The van der Waals surface area contributed by atoms with Gasteiger partial charge in [-0.05, 0) is 44.4 Å². The monoisotopic (exact) mass is 197 g/mol. The number of ether oxygens (including phenoxy) is 1. The van der Waals surface area contributed by atoms with Gasteiger partial charge in [-0.3, -0.25) is 4.79 Å². The normalized spacial score (nSPS) is 41.0. The van der Waals surface area contributed by atoms with Crippen LogP contribution in [0.5, 0.6) is 0 Å². The lowest BCUT2D eigenvalue weighted by molar-refractivity contribution is -0.154. The summed E-state index contributed by atoms with van der Waals surface area (Å²) in [5, 5.41) is 0. The summed E-state index contributed by atoms with van der Waals surface area (Å²) >= 11 is 0. The van der Waals surface area contributed by atoms with Gasteiger partial charge in [0.15, 0.2) is 0 Å². The molecule has 0 aliphatic heterocycles. The molecule has 2 N–H and O–H groups in total. The maximum Gasteiger partial charge on any atom is 0.309 e. The maximum absolute atomic E-state index is 11.6. The maximum atomic E-state index is 11.6. The van der Waals surface area contributed by atoms with Crippen LogP contribution in [0.15, 0.2) is 0 Å². The summed E-state index contributed by atoms with van der Waals surface area (Å²) in [6.45, 7) is 2.36. The Morgan fingerprint density at radius 2 is 2.07 bits per heavy atom. The predicted molar refractivity (Wildman–Crippen MR) is 53.5 cm³/mol. The van der Waals surface area contributed by atoms with Gasteiger partial charge in [0.05, 0.1) is 12.5 Å². The lowest BCUT2D eigenvalue weighted by atomic mass is 9.62. The predicted octanol–water partition coefficient (Wildman–Crippen LogP) is 1.31. The number of nitrogens with two attached hydrogens (primary N) is 1. The summed E-state index contributed by atoms with van der Waals surface area (Å²) in [4.78, 5) is 11.6. The van der Waals surface area contributed by atoms with E-state index in [4.69, 9.17) is 10.5 Å². The molecule has 0 amide bonds. The molecular weight excluding hydrogens is 178 g/mol. The number of hydrogen-bond acceptors (Lipinski definition) is 3. The Morgan fingerprint density at radius 1 is 1.36 bits per heavy atom. The Balaban J connectivity index is 1.99. The van der Waals surface area contributed by atoms with Crippen LogP contribution in [0.4, 0.5) is 0 Å². The van der Waals surface area contributed by atoms with E-state index in [0.29, 0.717) is 24.5 Å². The second-order valence-electron chi connectivity index (χ2n) is 4.59. The highest BCUT2D eigenvalue weighted by molar-refractivity contribution is 5.73. The number of carbonyl (C=O) groups excluding carboxylic acids is 1. The minimum absolute atomic E-state index is 0.00843. The molecule has 0 unspecified atom stereocenters. The Kier molecular flexibility index (Phi) is 2.77. The van der Waals surface area contributed by atoms with Gasteiger partial charge in [0, 0.05) is 6.04 Å². The van der Waals surface area contributed by atoms with Gasteiger partial charge in [-0.2, -0.15) is 0 Å². The van der Waals surface area contributed by atoms with Crippen molar-refractivity contribution >= 4 is 5.97 Å². The van der Waals surface area contributed by atoms with Crippen LogP contribution in [-0.4, -0.2) is 18.6 Å². The third kappa shape index (κ3) is 1.65. The van der Waals surface area contributed by atoms with Crippen LogP contribution < -0.4 is 5.73 Å². The topological polar surface area (TPSA) is 52.3 Å². The third-order valence-corrected chi connectivity index (χ3v) is 3.80. The summed E-state index contributed by atoms with van der Waals surface area (Å²) in [6.07, 6.45) is 4.36. The van der Waals surface area contributed by atoms with Crippen molar-refractivity contribution < 1.29 is 9.53 Å². The zero-order valence-electron chi connectivity index (χ0n) is 8.74. The highest BCUT2D eigenvalue weighted by atomic mass is 16.5. The van der Waals surface area contributed by atoms with Gasteiger partial charge >= 0.3 is 5.97 Å². The summed E-state index contributed by atoms with van der Waals surface area (Å²) < 4.78 is 5.09. The van der Waals surface area contributed by atoms with Gasteiger partial charge in [-0.25, -0.2) is 0 Å². The minimum atomic E-state index is 0.00843. The second-order valence-corrected chi connectivity index (χ2v) is 4.59. The third-order valence-electron chi connectivity index (χ3n) is 3.80. The van der Waals surface area contributed by atoms with E-state index in [0.717, 1.165) is 12.8 Å². The number of rotatable bonds is 2. The van der Waals surface area contributed by atoms with Crippen LogP contribution in [0, 0.1) is 17.8 Å². The molecule has 0 heterocycles. The largest absolute Gasteiger partial charge is 0.466 e. The summed E-state index contributed by atoms with van der Waals surface area (Å²) in [7, 11) is 0. The fourth-order valence-corrected chi connectivity index (χ4v) is 3.02. The summed E-state index contributed by atoms with van der Waals surface area (Å²) in [5.41, 5.74) is 6.00. The molecule has 80 valence electrons. The number of esters is 1. The average Bonchev–Trinajstić information content (AvgIpc) is 2.18. The van der Waals surface area contributed by atoms with E-state index in [1.807, 2.05) is 6.92 Å². The zero-order valence-corrected chi connectivity index (χ0v) is 8.74. The van der Waals surface area contributed by atoms with Gasteiger partial charge in [0.2, 0.25) is 0 Å². The quantitative estimate of drug-likeness (QED) is 0.679. The van der Waals surface area contributed by atoms with E-state index in [1.54, 1.807) is 0 Å². The van der Waals surface area contributed by atoms with Gasteiger partial charge in [-0.1, -0.05) is 0 Å². The van der Waals surface area contributed by atoms with Crippen molar-refractivity contribution in [2.75, 3.05) is 6.61 Å². The first-order chi connectivity index (χ1) is 6.72. The van der Waals surface area contributed by atoms with Crippen molar-refractivity contribution in [1.29, 1.82) is 0 Å². The molecule has 3 aliphatic rings. The van der Waals surface area contributed by atoms with Gasteiger partial charge in [-0.15, -0.1) is 0 Å². The minimum Gasteiger partial charge on any atom is -0.466 e. The highest BCUT2D eigenvalue weighted by Crippen LogP contribution is 2.44. The van der Waals surface area contributed by atoms with Gasteiger partial charge < -0.3 is 10.5 Å². The van der Waals surface area contributed by atoms with E-state index in [2.05, 4.69) is 0 Å². The molecule has 0 aromatic carbocycles. The van der Waals surface area contributed by atoms with Crippen molar-refractivity contribution in [2.45, 2.75) is 38.6 Å². The molecule has 3 fully saturated rings. The molecule has 14 heavy (non-hydrogen) atoms. The van der Waals surface area contributed by atoms with E-state index < -0.39 is 0 Å². The summed E-state index contributed by atoms with van der Waals surface area (Å²) in [6, 6.07) is 0.333. The molecule has 3 heteroatoms.